The van der Waals surface area contributed by atoms with Crippen molar-refractivity contribution in [3.8, 4) is 23.3 Å². The predicted octanol–water partition coefficient (Wildman–Crippen LogP) is 2.82. The van der Waals surface area contributed by atoms with Gasteiger partial charge in [-0.05, 0) is 37.6 Å². The fourth-order valence-electron chi connectivity index (χ4n) is 2.74. The Hall–Kier alpha value is -3.24. The topological polar surface area (TPSA) is 126 Å². The second-order valence-corrected chi connectivity index (χ2v) is 6.35. The van der Waals surface area contributed by atoms with Gasteiger partial charge in [0.2, 0.25) is 0 Å². The number of aliphatic hydroxyl groups is 1. The van der Waals surface area contributed by atoms with Gasteiger partial charge in [-0.1, -0.05) is 19.4 Å². The van der Waals surface area contributed by atoms with Gasteiger partial charge in [0.05, 0.1) is 11.3 Å². The lowest BCUT2D eigenvalue weighted by molar-refractivity contribution is 0.0621. The third-order valence-corrected chi connectivity index (χ3v) is 4.15. The number of Topliss-reactive ketones (excluding diaryl/α,β-unsaturated/α-hetero) is 1. The zero-order chi connectivity index (χ0) is 20.7. The first kappa shape index (κ1) is 21.1. The summed E-state index contributed by atoms with van der Waals surface area (Å²) < 4.78 is 11.1. The van der Waals surface area contributed by atoms with Crippen molar-refractivity contribution >= 4 is 11.5 Å². The molecule has 1 unspecified atom stereocenters. The Labute approximate surface area is 163 Å². The number of nitrogen functional groups attached to an aromatic ring is 1. The molecule has 7 heteroatoms. The van der Waals surface area contributed by atoms with Crippen LogP contribution in [0.15, 0.2) is 30.3 Å². The number of ketones is 1. The molecule has 28 heavy (non-hydrogen) atoms. The van der Waals surface area contributed by atoms with Crippen LogP contribution >= 0.6 is 0 Å². The number of ether oxygens (including phenoxy) is 2. The molecule has 0 radical (unpaired) electrons. The van der Waals surface area contributed by atoms with Gasteiger partial charge in [0.1, 0.15) is 48.2 Å². The molecule has 2 aromatic rings. The summed E-state index contributed by atoms with van der Waals surface area (Å²) in [6.45, 7) is 3.15. The number of phenols is 1. The van der Waals surface area contributed by atoms with E-state index in [-0.39, 0.29) is 41.6 Å². The predicted molar refractivity (Wildman–Crippen MR) is 105 cm³/mol. The summed E-state index contributed by atoms with van der Waals surface area (Å²) in [5.74, 6) is 0.378. The third kappa shape index (κ3) is 4.93. The lowest BCUT2D eigenvalue weighted by Gasteiger charge is -2.17. The highest BCUT2D eigenvalue weighted by Gasteiger charge is 2.17. The highest BCUT2D eigenvalue weighted by Crippen LogP contribution is 2.33. The first-order chi connectivity index (χ1) is 13.4. The van der Waals surface area contributed by atoms with Gasteiger partial charge in [-0.15, -0.1) is 0 Å². The van der Waals surface area contributed by atoms with Crippen molar-refractivity contribution in [3.63, 3.8) is 0 Å². The Kier molecular flexibility index (Phi) is 7.24. The van der Waals surface area contributed by atoms with Crippen molar-refractivity contribution in [2.24, 2.45) is 0 Å². The van der Waals surface area contributed by atoms with Crippen LogP contribution in [0.1, 0.15) is 41.8 Å². The van der Waals surface area contributed by atoms with Gasteiger partial charge in [-0.3, -0.25) is 4.79 Å². The van der Waals surface area contributed by atoms with Gasteiger partial charge in [-0.25, -0.2) is 0 Å². The number of rotatable bonds is 9. The van der Waals surface area contributed by atoms with Crippen molar-refractivity contribution in [1.82, 2.24) is 0 Å². The molecule has 0 bridgehead atoms. The summed E-state index contributed by atoms with van der Waals surface area (Å²) in [6, 6.07) is 9.93. The molecule has 0 fully saturated rings. The van der Waals surface area contributed by atoms with E-state index in [0.717, 1.165) is 6.42 Å². The number of aromatic hydroxyl groups is 1. The maximum Gasteiger partial charge on any atom is 0.163 e. The number of hydrogen-bond acceptors (Lipinski definition) is 7. The maximum atomic E-state index is 11.6. The van der Waals surface area contributed by atoms with E-state index in [1.807, 2.05) is 13.0 Å². The molecule has 7 nitrogen and oxygen atoms in total. The number of nitriles is 1. The maximum absolute atomic E-state index is 11.6. The first-order valence-corrected chi connectivity index (χ1v) is 8.97. The summed E-state index contributed by atoms with van der Waals surface area (Å²) in [5, 5.41) is 29.6. The number of anilines is 1. The molecule has 2 aromatic carbocycles. The van der Waals surface area contributed by atoms with Crippen LogP contribution in [0.5, 0.6) is 17.2 Å². The van der Waals surface area contributed by atoms with E-state index >= 15 is 0 Å². The molecular weight excluding hydrogens is 360 g/mol. The van der Waals surface area contributed by atoms with Crippen LogP contribution in [0.2, 0.25) is 0 Å². The summed E-state index contributed by atoms with van der Waals surface area (Å²) in [6.07, 6.45) is 0.310. The van der Waals surface area contributed by atoms with Crippen LogP contribution in [-0.4, -0.2) is 35.3 Å². The second-order valence-electron chi connectivity index (χ2n) is 6.35. The smallest absolute Gasteiger partial charge is 0.163 e. The fraction of sp³-hybridized carbons (Fsp3) is 0.333. The van der Waals surface area contributed by atoms with Gasteiger partial charge in [-0.2, -0.15) is 5.26 Å². The Morgan fingerprint density at radius 2 is 1.89 bits per heavy atom. The summed E-state index contributed by atoms with van der Waals surface area (Å²) in [5.41, 5.74) is 7.02. The van der Waals surface area contributed by atoms with Crippen LogP contribution in [0.25, 0.3) is 0 Å². The average molecular weight is 384 g/mol. The van der Waals surface area contributed by atoms with Crippen LogP contribution in [0.3, 0.4) is 0 Å². The molecule has 0 amide bonds. The van der Waals surface area contributed by atoms with Gasteiger partial charge >= 0.3 is 0 Å². The highest BCUT2D eigenvalue weighted by molar-refractivity contribution is 5.97. The third-order valence-electron chi connectivity index (χ3n) is 4.15. The normalized spacial score (nSPS) is 11.5. The fourth-order valence-corrected chi connectivity index (χ4v) is 2.74. The zero-order valence-electron chi connectivity index (χ0n) is 15.9. The van der Waals surface area contributed by atoms with E-state index in [0.29, 0.717) is 23.4 Å². The molecule has 4 N–H and O–H groups in total. The zero-order valence-corrected chi connectivity index (χ0v) is 15.9. The van der Waals surface area contributed by atoms with E-state index < -0.39 is 6.10 Å². The van der Waals surface area contributed by atoms with E-state index in [2.05, 4.69) is 0 Å². The molecule has 0 saturated carbocycles. The number of benzene rings is 2. The SMILES string of the molecule is CCCc1c(OCC(O)COc2cccc(N)c2C#N)ccc(C(C)=O)c1O. The number of hydrogen-bond donors (Lipinski definition) is 3. The quantitative estimate of drug-likeness (QED) is 0.448. The first-order valence-electron chi connectivity index (χ1n) is 8.97. The Morgan fingerprint density at radius 1 is 1.21 bits per heavy atom. The van der Waals surface area contributed by atoms with Crippen LogP contribution < -0.4 is 15.2 Å². The molecule has 0 spiro atoms. The summed E-state index contributed by atoms with van der Waals surface area (Å²) >= 11 is 0. The molecule has 0 heterocycles. The number of carbonyl (C=O) groups is 1. The molecule has 2 rings (SSSR count). The molecule has 148 valence electrons. The van der Waals surface area contributed by atoms with Crippen LogP contribution in [-0.2, 0) is 6.42 Å². The average Bonchev–Trinajstić information content (AvgIpc) is 2.66. The van der Waals surface area contributed by atoms with Crippen LogP contribution in [0.4, 0.5) is 5.69 Å². The number of nitrogens with two attached hydrogens (primary N) is 1. The van der Waals surface area contributed by atoms with Gasteiger partial charge in [0, 0.05) is 5.56 Å². The van der Waals surface area contributed by atoms with Crippen molar-refractivity contribution in [2.75, 3.05) is 18.9 Å². The lowest BCUT2D eigenvalue weighted by atomic mass is 10.0. The number of carbonyl (C=O) groups excluding carboxylic acids is 1. The molecule has 0 aliphatic carbocycles. The standard InChI is InChI=1S/C21H24N2O5/c1-3-5-16-20(9-8-15(13(2)24)21(16)26)28-12-14(25)11-27-19-7-4-6-18(23)17(19)10-22/h4,6-9,14,25-26H,3,5,11-12,23H2,1-2H3. The minimum atomic E-state index is -0.975. The van der Waals surface area contributed by atoms with Crippen molar-refractivity contribution in [2.45, 2.75) is 32.8 Å². The van der Waals surface area contributed by atoms with E-state index in [4.69, 9.17) is 20.5 Å². The van der Waals surface area contributed by atoms with Crippen molar-refractivity contribution in [3.05, 3.63) is 47.0 Å². The lowest BCUT2D eigenvalue weighted by Crippen LogP contribution is -2.25. The Bertz CT molecular complexity index is 889. The number of nitrogens with zero attached hydrogens (tertiary/aromatic N) is 1. The van der Waals surface area contributed by atoms with E-state index in [9.17, 15) is 15.0 Å². The molecule has 0 saturated heterocycles. The largest absolute Gasteiger partial charge is 0.507 e. The highest BCUT2D eigenvalue weighted by atomic mass is 16.5. The molecular formula is C21H24N2O5. The molecule has 0 aliphatic heterocycles. The minimum absolute atomic E-state index is 0.0836. The Morgan fingerprint density at radius 3 is 2.50 bits per heavy atom. The Balaban J connectivity index is 2.04. The van der Waals surface area contributed by atoms with Crippen molar-refractivity contribution < 1.29 is 24.5 Å². The minimum Gasteiger partial charge on any atom is -0.507 e. The molecule has 0 aromatic heterocycles. The van der Waals surface area contributed by atoms with E-state index in [1.165, 1.54) is 13.0 Å². The molecule has 0 aliphatic rings. The van der Waals surface area contributed by atoms with Crippen molar-refractivity contribution in [1.29, 1.82) is 5.26 Å². The van der Waals surface area contributed by atoms with Gasteiger partial charge in [0.25, 0.3) is 0 Å². The molecule has 1 atom stereocenters. The summed E-state index contributed by atoms with van der Waals surface area (Å²) in [4.78, 5) is 11.6. The van der Waals surface area contributed by atoms with Crippen LogP contribution in [0, 0.1) is 11.3 Å². The second kappa shape index (κ2) is 9.62. The number of aliphatic hydroxyl groups excluding tert-OH is 1. The monoisotopic (exact) mass is 384 g/mol. The number of phenolic OH excluding ortho intramolecular Hbond substituents is 1. The van der Waals surface area contributed by atoms with Gasteiger partial charge in [0.15, 0.2) is 5.78 Å². The summed E-state index contributed by atoms with van der Waals surface area (Å²) in [7, 11) is 0. The van der Waals surface area contributed by atoms with E-state index in [1.54, 1.807) is 24.3 Å². The van der Waals surface area contributed by atoms with Gasteiger partial charge < -0.3 is 25.4 Å².